The summed E-state index contributed by atoms with van der Waals surface area (Å²) < 4.78 is 4.76. The highest BCUT2D eigenvalue weighted by molar-refractivity contribution is 5.73. The van der Waals surface area contributed by atoms with Gasteiger partial charge >= 0.3 is 5.97 Å². The van der Waals surface area contributed by atoms with E-state index in [2.05, 4.69) is 0 Å². The van der Waals surface area contributed by atoms with Crippen LogP contribution in [0.4, 0.5) is 5.69 Å². The number of nitrogens with zero attached hydrogens (tertiary/aromatic N) is 1. The van der Waals surface area contributed by atoms with Crippen LogP contribution in [0.15, 0.2) is 24.3 Å². The molecular weight excluding hydrogens is 234 g/mol. The molecule has 0 N–H and O–H groups in total. The number of nitro groups is 1. The zero-order valence-corrected chi connectivity index (χ0v) is 10.4. The van der Waals surface area contributed by atoms with Crippen molar-refractivity contribution in [3.8, 4) is 0 Å². The summed E-state index contributed by atoms with van der Waals surface area (Å²) in [6, 6.07) is 5.07. The average molecular weight is 249 g/mol. The van der Waals surface area contributed by atoms with Crippen LogP contribution in [0.1, 0.15) is 24.5 Å². The van der Waals surface area contributed by atoms with Crippen molar-refractivity contribution in [2.75, 3.05) is 6.61 Å². The van der Waals surface area contributed by atoms with Crippen LogP contribution < -0.4 is 0 Å². The van der Waals surface area contributed by atoms with Crippen LogP contribution in [-0.2, 0) is 9.53 Å². The molecule has 5 nitrogen and oxygen atoms in total. The number of rotatable bonds is 5. The zero-order chi connectivity index (χ0) is 13.5. The van der Waals surface area contributed by atoms with Gasteiger partial charge in [-0.3, -0.25) is 14.9 Å². The molecule has 0 saturated carbocycles. The van der Waals surface area contributed by atoms with E-state index in [1.165, 1.54) is 0 Å². The third-order valence-corrected chi connectivity index (χ3v) is 2.34. The van der Waals surface area contributed by atoms with Gasteiger partial charge in [-0.25, -0.2) is 0 Å². The molecule has 18 heavy (non-hydrogen) atoms. The highest BCUT2D eigenvalue weighted by atomic mass is 16.6. The number of para-hydroxylation sites is 1. The molecule has 0 aliphatic rings. The fraction of sp³-hybridized carbons (Fsp3) is 0.308. The Morgan fingerprint density at radius 2 is 2.22 bits per heavy atom. The summed E-state index contributed by atoms with van der Waals surface area (Å²) in [7, 11) is 0. The molecule has 1 rings (SSSR count). The molecule has 0 bridgehead atoms. The molecule has 0 aromatic heterocycles. The highest BCUT2D eigenvalue weighted by Crippen LogP contribution is 2.24. The van der Waals surface area contributed by atoms with E-state index in [0.29, 0.717) is 17.7 Å². The number of nitro benzene ring substituents is 1. The first-order chi connectivity index (χ1) is 8.56. The Kier molecular flexibility index (Phi) is 5.05. The van der Waals surface area contributed by atoms with Gasteiger partial charge < -0.3 is 4.74 Å². The van der Waals surface area contributed by atoms with Crippen molar-refractivity contribution in [1.82, 2.24) is 0 Å². The van der Waals surface area contributed by atoms with Crippen molar-refractivity contribution in [1.29, 1.82) is 0 Å². The lowest BCUT2D eigenvalue weighted by molar-refractivity contribution is -0.385. The van der Waals surface area contributed by atoms with Gasteiger partial charge in [-0.2, -0.15) is 0 Å². The fourth-order valence-electron chi connectivity index (χ4n) is 1.57. The molecule has 0 spiro atoms. The van der Waals surface area contributed by atoms with E-state index in [4.69, 9.17) is 4.74 Å². The highest BCUT2D eigenvalue weighted by Gasteiger charge is 2.14. The number of esters is 1. The standard InChI is InChI=1S/C13H15NO4/c1-3-18-12(15)9-5-8-11-7-4-6-10(2)13(11)14(16)17/h4-8H,3,9H2,1-2H3. The molecule has 96 valence electrons. The van der Waals surface area contributed by atoms with Gasteiger partial charge in [0.25, 0.3) is 5.69 Å². The number of aryl methyl sites for hydroxylation is 1. The van der Waals surface area contributed by atoms with Crippen molar-refractivity contribution in [2.45, 2.75) is 20.3 Å². The quantitative estimate of drug-likeness (QED) is 0.457. The van der Waals surface area contributed by atoms with E-state index < -0.39 is 4.92 Å². The molecule has 0 radical (unpaired) electrons. The first-order valence-electron chi connectivity index (χ1n) is 5.62. The Morgan fingerprint density at radius 1 is 1.50 bits per heavy atom. The number of carbonyl (C=O) groups excluding carboxylic acids is 1. The van der Waals surface area contributed by atoms with Gasteiger partial charge in [0.2, 0.25) is 0 Å². The molecule has 0 aliphatic heterocycles. The predicted octanol–water partition coefficient (Wildman–Crippen LogP) is 2.87. The Labute approximate surface area is 105 Å². The fourth-order valence-corrected chi connectivity index (χ4v) is 1.57. The van der Waals surface area contributed by atoms with Gasteiger partial charge in [-0.05, 0) is 19.9 Å². The van der Waals surface area contributed by atoms with Crippen LogP contribution in [-0.4, -0.2) is 17.5 Å². The van der Waals surface area contributed by atoms with Crippen molar-refractivity contribution in [3.05, 3.63) is 45.5 Å². The molecule has 0 fully saturated rings. The smallest absolute Gasteiger partial charge is 0.309 e. The molecule has 0 unspecified atom stereocenters. The van der Waals surface area contributed by atoms with Crippen molar-refractivity contribution < 1.29 is 14.5 Å². The summed E-state index contributed by atoms with van der Waals surface area (Å²) in [5.74, 6) is -0.343. The van der Waals surface area contributed by atoms with Gasteiger partial charge in [0, 0.05) is 5.56 Å². The summed E-state index contributed by atoms with van der Waals surface area (Å²) in [6.45, 7) is 3.74. The molecule has 0 atom stereocenters. The predicted molar refractivity (Wildman–Crippen MR) is 68.1 cm³/mol. The van der Waals surface area contributed by atoms with Crippen molar-refractivity contribution >= 4 is 17.7 Å². The summed E-state index contributed by atoms with van der Waals surface area (Å²) in [5.41, 5.74) is 1.15. The molecular formula is C13H15NO4. The maximum absolute atomic E-state index is 11.1. The lowest BCUT2D eigenvalue weighted by atomic mass is 10.1. The monoisotopic (exact) mass is 249 g/mol. The second-order valence-electron chi connectivity index (χ2n) is 3.68. The average Bonchev–Trinajstić information content (AvgIpc) is 2.28. The van der Waals surface area contributed by atoms with Crippen LogP contribution in [0.2, 0.25) is 0 Å². The van der Waals surface area contributed by atoms with Crippen LogP contribution in [0.5, 0.6) is 0 Å². The summed E-state index contributed by atoms with van der Waals surface area (Å²) in [5, 5.41) is 10.9. The van der Waals surface area contributed by atoms with Gasteiger partial charge in [-0.15, -0.1) is 0 Å². The maximum Gasteiger partial charge on any atom is 0.309 e. The van der Waals surface area contributed by atoms with E-state index in [1.807, 2.05) is 0 Å². The van der Waals surface area contributed by atoms with E-state index >= 15 is 0 Å². The lowest BCUT2D eigenvalue weighted by Gasteiger charge is -2.01. The minimum Gasteiger partial charge on any atom is -0.466 e. The minimum atomic E-state index is -0.417. The Morgan fingerprint density at radius 3 is 2.83 bits per heavy atom. The molecule has 1 aromatic carbocycles. The molecule has 1 aromatic rings. The normalized spacial score (nSPS) is 10.6. The van der Waals surface area contributed by atoms with Crippen molar-refractivity contribution in [2.24, 2.45) is 0 Å². The van der Waals surface area contributed by atoms with Gasteiger partial charge in [0.05, 0.1) is 23.5 Å². The van der Waals surface area contributed by atoms with Gasteiger partial charge in [0.1, 0.15) is 0 Å². The Bertz CT molecular complexity index is 480. The molecule has 0 heterocycles. The van der Waals surface area contributed by atoms with Crippen molar-refractivity contribution in [3.63, 3.8) is 0 Å². The molecule has 0 saturated heterocycles. The molecule has 0 amide bonds. The SMILES string of the molecule is CCOC(=O)CC=Cc1cccc(C)c1[N+](=O)[O-]. The van der Waals surface area contributed by atoms with Gasteiger partial charge in [0.15, 0.2) is 0 Å². The van der Waals surface area contributed by atoms with Crippen LogP contribution >= 0.6 is 0 Å². The first-order valence-corrected chi connectivity index (χ1v) is 5.62. The number of benzene rings is 1. The Hall–Kier alpha value is -2.17. The van der Waals surface area contributed by atoms with E-state index in [-0.39, 0.29) is 18.1 Å². The van der Waals surface area contributed by atoms with E-state index in [9.17, 15) is 14.9 Å². The zero-order valence-electron chi connectivity index (χ0n) is 10.4. The molecule has 5 heteroatoms. The van der Waals surface area contributed by atoms with Gasteiger partial charge in [-0.1, -0.05) is 24.3 Å². The number of hydrogen-bond acceptors (Lipinski definition) is 4. The molecule has 0 aliphatic carbocycles. The van der Waals surface area contributed by atoms with E-state index in [0.717, 1.165) is 0 Å². The third-order valence-electron chi connectivity index (χ3n) is 2.34. The maximum atomic E-state index is 11.1. The Balaban J connectivity index is 2.85. The largest absolute Gasteiger partial charge is 0.466 e. The second-order valence-corrected chi connectivity index (χ2v) is 3.68. The van der Waals surface area contributed by atoms with Crippen LogP contribution in [0, 0.1) is 17.0 Å². The van der Waals surface area contributed by atoms with Crippen LogP contribution in [0.25, 0.3) is 6.08 Å². The van der Waals surface area contributed by atoms with Crippen LogP contribution in [0.3, 0.4) is 0 Å². The minimum absolute atomic E-state index is 0.0672. The lowest BCUT2D eigenvalue weighted by Crippen LogP contribution is -2.01. The summed E-state index contributed by atoms with van der Waals surface area (Å²) in [4.78, 5) is 21.6. The number of hydrogen-bond donors (Lipinski definition) is 0. The topological polar surface area (TPSA) is 69.4 Å². The number of carbonyl (C=O) groups is 1. The number of ether oxygens (including phenoxy) is 1. The second kappa shape index (κ2) is 6.54. The van der Waals surface area contributed by atoms with E-state index in [1.54, 1.807) is 44.2 Å². The third kappa shape index (κ3) is 3.69. The first kappa shape index (κ1) is 13.9. The summed E-state index contributed by atoms with van der Waals surface area (Å²) in [6.07, 6.45) is 3.25. The summed E-state index contributed by atoms with van der Waals surface area (Å²) >= 11 is 0.